The third-order valence-corrected chi connectivity index (χ3v) is 7.57. The van der Waals surface area contributed by atoms with E-state index in [0.717, 1.165) is 36.8 Å². The van der Waals surface area contributed by atoms with E-state index < -0.39 is 10.0 Å². The first-order chi connectivity index (χ1) is 16.8. The molecule has 7 nitrogen and oxygen atoms in total. The molecule has 35 heavy (non-hydrogen) atoms. The third kappa shape index (κ3) is 6.27. The summed E-state index contributed by atoms with van der Waals surface area (Å²) >= 11 is 0. The normalized spacial score (nSPS) is 13.9. The molecule has 0 bridgehead atoms. The van der Waals surface area contributed by atoms with Crippen molar-refractivity contribution in [1.29, 1.82) is 0 Å². The van der Waals surface area contributed by atoms with Gasteiger partial charge >= 0.3 is 0 Å². The molecule has 182 valence electrons. The zero-order valence-electron chi connectivity index (χ0n) is 19.6. The third-order valence-electron chi connectivity index (χ3n) is 6.19. The second-order valence-electron chi connectivity index (χ2n) is 8.80. The number of aryl methyl sites for hydroxylation is 1. The van der Waals surface area contributed by atoms with E-state index in [1.165, 1.54) is 24.3 Å². The number of carbonyl (C=O) groups is 2. The SMILES string of the molecule is Cc1ccccc1NS(=O)(=O)c1ccc(C(=O)NCc2cccc(NC(=O)C3CCCC3)c2)cc1. The van der Waals surface area contributed by atoms with Gasteiger partial charge in [0.2, 0.25) is 5.91 Å². The van der Waals surface area contributed by atoms with Gasteiger partial charge in [0.1, 0.15) is 0 Å². The van der Waals surface area contributed by atoms with Crippen molar-refractivity contribution in [1.82, 2.24) is 5.32 Å². The standard InChI is InChI=1S/C27H29N3O4S/c1-19-7-2-5-12-25(19)30-35(33,34)24-15-13-22(14-16-24)26(31)28-18-20-8-6-11-23(17-20)29-27(32)21-9-3-4-10-21/h2,5-8,11-17,21,30H,3-4,9-10,18H2,1H3,(H,28,31)(H,29,32). The van der Waals surface area contributed by atoms with E-state index in [9.17, 15) is 18.0 Å². The number of anilines is 2. The second kappa shape index (κ2) is 10.7. The van der Waals surface area contributed by atoms with Gasteiger partial charge in [0.15, 0.2) is 0 Å². The van der Waals surface area contributed by atoms with Crippen LogP contribution in [0.25, 0.3) is 0 Å². The summed E-state index contributed by atoms with van der Waals surface area (Å²) in [5, 5.41) is 5.81. The maximum atomic E-state index is 12.7. The number of carbonyl (C=O) groups excluding carboxylic acids is 2. The number of nitrogens with one attached hydrogen (secondary N) is 3. The average Bonchev–Trinajstić information content (AvgIpc) is 3.40. The molecular weight excluding hydrogens is 462 g/mol. The zero-order chi connectivity index (χ0) is 24.8. The Morgan fingerprint density at radius 2 is 1.63 bits per heavy atom. The molecule has 0 spiro atoms. The number of rotatable bonds is 8. The predicted molar refractivity (Wildman–Crippen MR) is 137 cm³/mol. The van der Waals surface area contributed by atoms with Crippen molar-refractivity contribution in [2.45, 2.75) is 44.0 Å². The molecule has 0 heterocycles. The van der Waals surface area contributed by atoms with Crippen LogP contribution in [0, 0.1) is 12.8 Å². The lowest BCUT2D eigenvalue weighted by atomic mass is 10.1. The van der Waals surface area contributed by atoms with Gasteiger partial charge in [-0.1, -0.05) is 43.2 Å². The Hall–Kier alpha value is -3.65. The van der Waals surface area contributed by atoms with Crippen LogP contribution in [-0.4, -0.2) is 20.2 Å². The van der Waals surface area contributed by atoms with Gasteiger partial charge in [-0.3, -0.25) is 14.3 Å². The van der Waals surface area contributed by atoms with E-state index in [0.29, 0.717) is 16.9 Å². The lowest BCUT2D eigenvalue weighted by Gasteiger charge is -2.12. The smallest absolute Gasteiger partial charge is 0.261 e. The fraction of sp³-hybridized carbons (Fsp3) is 0.259. The fourth-order valence-corrected chi connectivity index (χ4v) is 5.28. The highest BCUT2D eigenvalue weighted by molar-refractivity contribution is 7.92. The van der Waals surface area contributed by atoms with Gasteiger partial charge in [-0.2, -0.15) is 0 Å². The van der Waals surface area contributed by atoms with Gasteiger partial charge in [-0.15, -0.1) is 0 Å². The average molecular weight is 492 g/mol. The number of hydrogen-bond donors (Lipinski definition) is 3. The molecule has 3 aromatic rings. The van der Waals surface area contributed by atoms with Crippen molar-refractivity contribution < 1.29 is 18.0 Å². The molecule has 0 aromatic heterocycles. The first-order valence-corrected chi connectivity index (χ1v) is 13.2. The molecule has 2 amide bonds. The van der Waals surface area contributed by atoms with E-state index in [1.807, 2.05) is 43.3 Å². The minimum Gasteiger partial charge on any atom is -0.348 e. The highest BCUT2D eigenvalue weighted by atomic mass is 32.2. The van der Waals surface area contributed by atoms with E-state index in [4.69, 9.17) is 0 Å². The van der Waals surface area contributed by atoms with E-state index >= 15 is 0 Å². The lowest BCUT2D eigenvalue weighted by molar-refractivity contribution is -0.119. The first kappa shape index (κ1) is 24.5. The number of benzene rings is 3. The summed E-state index contributed by atoms with van der Waals surface area (Å²) in [5.41, 5.74) is 3.24. The summed E-state index contributed by atoms with van der Waals surface area (Å²) in [4.78, 5) is 25.0. The van der Waals surface area contributed by atoms with Crippen molar-refractivity contribution in [3.63, 3.8) is 0 Å². The Kier molecular flexibility index (Phi) is 7.51. The van der Waals surface area contributed by atoms with Gasteiger partial charge in [-0.05, 0) is 73.4 Å². The summed E-state index contributed by atoms with van der Waals surface area (Å²) in [6.07, 6.45) is 4.06. The molecule has 1 fully saturated rings. The molecule has 1 aliphatic rings. The maximum absolute atomic E-state index is 12.7. The van der Waals surface area contributed by atoms with Crippen LogP contribution in [0.2, 0.25) is 0 Å². The maximum Gasteiger partial charge on any atom is 0.261 e. The molecule has 0 saturated heterocycles. The fourth-order valence-electron chi connectivity index (χ4n) is 4.15. The van der Waals surface area contributed by atoms with Gasteiger partial charge in [0.25, 0.3) is 15.9 Å². The molecule has 3 N–H and O–H groups in total. The van der Waals surface area contributed by atoms with Crippen molar-refractivity contribution in [2.24, 2.45) is 5.92 Å². The van der Waals surface area contributed by atoms with Crippen molar-refractivity contribution in [2.75, 3.05) is 10.0 Å². The van der Waals surface area contributed by atoms with Crippen LogP contribution < -0.4 is 15.4 Å². The van der Waals surface area contributed by atoms with E-state index in [-0.39, 0.29) is 29.2 Å². The lowest BCUT2D eigenvalue weighted by Crippen LogP contribution is -2.23. The highest BCUT2D eigenvalue weighted by Gasteiger charge is 2.22. The van der Waals surface area contributed by atoms with Gasteiger partial charge in [-0.25, -0.2) is 8.42 Å². The molecular formula is C27H29N3O4S. The molecule has 3 aromatic carbocycles. The van der Waals surface area contributed by atoms with E-state index in [1.54, 1.807) is 12.1 Å². The quantitative estimate of drug-likeness (QED) is 0.419. The number of amides is 2. The van der Waals surface area contributed by atoms with Crippen LogP contribution in [0.1, 0.15) is 47.2 Å². The van der Waals surface area contributed by atoms with Crippen molar-refractivity contribution in [3.05, 3.63) is 89.5 Å². The molecule has 8 heteroatoms. The Morgan fingerprint density at radius 3 is 2.34 bits per heavy atom. The van der Waals surface area contributed by atoms with Gasteiger partial charge in [0, 0.05) is 23.7 Å². The Morgan fingerprint density at radius 1 is 0.914 bits per heavy atom. The second-order valence-corrected chi connectivity index (χ2v) is 10.5. The topological polar surface area (TPSA) is 104 Å². The summed E-state index contributed by atoms with van der Waals surface area (Å²) in [5.74, 6) is -0.186. The number of para-hydroxylation sites is 1. The van der Waals surface area contributed by atoms with Gasteiger partial charge < -0.3 is 10.6 Å². The van der Waals surface area contributed by atoms with Crippen LogP contribution >= 0.6 is 0 Å². The largest absolute Gasteiger partial charge is 0.348 e. The molecule has 0 aliphatic heterocycles. The monoisotopic (exact) mass is 491 g/mol. The molecule has 1 saturated carbocycles. The Bertz CT molecular complexity index is 1310. The van der Waals surface area contributed by atoms with Crippen LogP contribution in [-0.2, 0) is 21.4 Å². The Labute approximate surface area is 206 Å². The van der Waals surface area contributed by atoms with Crippen LogP contribution in [0.15, 0.2) is 77.7 Å². The van der Waals surface area contributed by atoms with Crippen molar-refractivity contribution in [3.8, 4) is 0 Å². The highest BCUT2D eigenvalue weighted by Crippen LogP contribution is 2.26. The minimum absolute atomic E-state index is 0.0515. The molecule has 4 rings (SSSR count). The zero-order valence-corrected chi connectivity index (χ0v) is 20.4. The van der Waals surface area contributed by atoms with Crippen molar-refractivity contribution >= 4 is 33.2 Å². The summed E-state index contributed by atoms with van der Waals surface area (Å²) in [6.45, 7) is 2.10. The molecule has 0 radical (unpaired) electrons. The van der Waals surface area contributed by atoms with E-state index in [2.05, 4.69) is 15.4 Å². The van der Waals surface area contributed by atoms with Crippen LogP contribution in [0.5, 0.6) is 0 Å². The van der Waals surface area contributed by atoms with Crippen LogP contribution in [0.3, 0.4) is 0 Å². The summed E-state index contributed by atoms with van der Waals surface area (Å²) < 4.78 is 28.0. The first-order valence-electron chi connectivity index (χ1n) is 11.7. The summed E-state index contributed by atoms with van der Waals surface area (Å²) in [7, 11) is -3.77. The molecule has 0 unspecified atom stereocenters. The number of hydrogen-bond acceptors (Lipinski definition) is 4. The van der Waals surface area contributed by atoms with Gasteiger partial charge in [0.05, 0.1) is 10.6 Å². The summed E-state index contributed by atoms with van der Waals surface area (Å²) in [6, 6.07) is 20.3. The Balaban J connectivity index is 1.35. The predicted octanol–water partition coefficient (Wildman–Crippen LogP) is 4.85. The molecule has 1 aliphatic carbocycles. The molecule has 0 atom stereocenters. The van der Waals surface area contributed by atoms with Crippen LogP contribution in [0.4, 0.5) is 11.4 Å². The number of sulfonamides is 1. The minimum atomic E-state index is -3.77.